The molecule has 1 N–H and O–H groups in total. The second-order valence-electron chi connectivity index (χ2n) is 5.56. The van der Waals surface area contributed by atoms with E-state index in [0.29, 0.717) is 10.5 Å². The van der Waals surface area contributed by atoms with E-state index in [2.05, 4.69) is 5.43 Å². The van der Waals surface area contributed by atoms with Gasteiger partial charge in [0.1, 0.15) is 0 Å². The SMILES string of the molecule is O=C(Cc1ccccc1)NN1C(=O)/C(=C/c2ccc([N+](=O)[O-])cc2)SC1=S. The Hall–Kier alpha value is -3.04. The van der Waals surface area contributed by atoms with Gasteiger partial charge >= 0.3 is 0 Å². The van der Waals surface area contributed by atoms with Crippen LogP contribution in [0.4, 0.5) is 5.69 Å². The summed E-state index contributed by atoms with van der Waals surface area (Å²) < 4.78 is 0.217. The highest BCUT2D eigenvalue weighted by atomic mass is 32.2. The summed E-state index contributed by atoms with van der Waals surface area (Å²) in [5.41, 5.74) is 3.93. The first-order valence-corrected chi connectivity index (χ1v) is 9.02. The summed E-state index contributed by atoms with van der Waals surface area (Å²) in [6, 6.07) is 14.9. The minimum Gasteiger partial charge on any atom is -0.273 e. The third-order valence-corrected chi connectivity index (χ3v) is 4.94. The zero-order valence-electron chi connectivity index (χ0n) is 13.8. The lowest BCUT2D eigenvalue weighted by molar-refractivity contribution is -0.384. The van der Waals surface area contributed by atoms with Gasteiger partial charge in [0.2, 0.25) is 5.91 Å². The number of non-ortho nitro benzene ring substituents is 1. The summed E-state index contributed by atoms with van der Waals surface area (Å²) in [5, 5.41) is 11.7. The molecule has 2 aromatic rings. The second kappa shape index (κ2) is 8.11. The van der Waals surface area contributed by atoms with Crippen LogP contribution in [0, 0.1) is 10.1 Å². The maximum absolute atomic E-state index is 12.5. The molecule has 1 fully saturated rings. The van der Waals surface area contributed by atoms with Gasteiger partial charge in [-0.1, -0.05) is 42.1 Å². The predicted octanol–water partition coefficient (Wildman–Crippen LogP) is 3.07. The van der Waals surface area contributed by atoms with E-state index in [9.17, 15) is 19.7 Å². The van der Waals surface area contributed by atoms with Crippen molar-refractivity contribution in [2.75, 3.05) is 0 Å². The number of nitro benzene ring substituents is 1. The Bertz CT molecular complexity index is 943. The Kier molecular flexibility index (Phi) is 5.63. The smallest absolute Gasteiger partial charge is 0.273 e. The molecule has 0 bridgehead atoms. The Morgan fingerprint density at radius 2 is 1.85 bits per heavy atom. The molecule has 1 saturated heterocycles. The van der Waals surface area contributed by atoms with Gasteiger partial charge in [-0.15, -0.1) is 0 Å². The van der Waals surface area contributed by atoms with Crippen molar-refractivity contribution in [3.05, 3.63) is 80.7 Å². The molecule has 9 heteroatoms. The van der Waals surface area contributed by atoms with Gasteiger partial charge in [0.25, 0.3) is 11.6 Å². The number of hydrazine groups is 1. The largest absolute Gasteiger partial charge is 0.285 e. The maximum atomic E-state index is 12.5. The Morgan fingerprint density at radius 3 is 2.48 bits per heavy atom. The summed E-state index contributed by atoms with van der Waals surface area (Å²) in [5.74, 6) is -0.793. The van der Waals surface area contributed by atoms with Gasteiger partial charge in [-0.25, -0.2) is 0 Å². The van der Waals surface area contributed by atoms with Crippen molar-refractivity contribution < 1.29 is 14.5 Å². The lowest BCUT2D eigenvalue weighted by Gasteiger charge is -2.15. The topological polar surface area (TPSA) is 92.6 Å². The van der Waals surface area contributed by atoms with E-state index in [-0.39, 0.29) is 22.3 Å². The molecule has 2 aromatic carbocycles. The minimum absolute atomic E-state index is 0.0344. The number of amides is 2. The molecule has 0 aromatic heterocycles. The number of thiocarbonyl (C=S) groups is 1. The van der Waals surface area contributed by atoms with Gasteiger partial charge < -0.3 is 0 Å². The number of nitrogens with one attached hydrogen (secondary N) is 1. The van der Waals surface area contributed by atoms with Gasteiger partial charge in [0.05, 0.1) is 16.2 Å². The first-order chi connectivity index (χ1) is 12.9. The van der Waals surface area contributed by atoms with Crippen LogP contribution in [0.1, 0.15) is 11.1 Å². The fourth-order valence-electron chi connectivity index (χ4n) is 2.35. The third kappa shape index (κ3) is 4.57. The second-order valence-corrected chi connectivity index (χ2v) is 7.24. The summed E-state index contributed by atoms with van der Waals surface area (Å²) in [7, 11) is 0. The van der Waals surface area contributed by atoms with Crippen LogP contribution < -0.4 is 5.43 Å². The summed E-state index contributed by atoms with van der Waals surface area (Å²) in [6.07, 6.45) is 1.70. The van der Waals surface area contributed by atoms with E-state index in [4.69, 9.17) is 12.2 Å². The van der Waals surface area contributed by atoms with E-state index in [0.717, 1.165) is 22.3 Å². The average molecular weight is 399 g/mol. The predicted molar refractivity (Wildman–Crippen MR) is 106 cm³/mol. The molecule has 1 heterocycles. The van der Waals surface area contributed by atoms with Crippen LogP contribution in [0.25, 0.3) is 6.08 Å². The highest BCUT2D eigenvalue weighted by molar-refractivity contribution is 8.26. The molecule has 0 spiro atoms. The van der Waals surface area contributed by atoms with Crippen LogP contribution in [0.5, 0.6) is 0 Å². The van der Waals surface area contributed by atoms with E-state index in [1.54, 1.807) is 18.2 Å². The Labute approximate surface area is 164 Å². The zero-order chi connectivity index (χ0) is 19.4. The molecule has 0 unspecified atom stereocenters. The number of thioether (sulfide) groups is 1. The van der Waals surface area contributed by atoms with Crippen LogP contribution >= 0.6 is 24.0 Å². The molecule has 136 valence electrons. The number of nitrogens with zero attached hydrogens (tertiary/aromatic N) is 2. The summed E-state index contributed by atoms with van der Waals surface area (Å²) in [6.45, 7) is 0. The van der Waals surface area contributed by atoms with Crippen LogP contribution in [-0.4, -0.2) is 26.1 Å². The van der Waals surface area contributed by atoms with Gasteiger partial charge in [-0.2, -0.15) is 5.01 Å². The molecule has 7 nitrogen and oxygen atoms in total. The normalized spacial score (nSPS) is 15.3. The molecule has 0 radical (unpaired) electrons. The zero-order valence-corrected chi connectivity index (χ0v) is 15.5. The van der Waals surface area contributed by atoms with Crippen LogP contribution in [0.3, 0.4) is 0 Å². The van der Waals surface area contributed by atoms with Crippen molar-refractivity contribution in [1.29, 1.82) is 0 Å². The van der Waals surface area contributed by atoms with E-state index < -0.39 is 10.8 Å². The molecule has 0 saturated carbocycles. The first kappa shape index (κ1) is 18.7. The van der Waals surface area contributed by atoms with Crippen molar-refractivity contribution in [2.45, 2.75) is 6.42 Å². The van der Waals surface area contributed by atoms with Gasteiger partial charge in [-0.3, -0.25) is 25.1 Å². The van der Waals surface area contributed by atoms with Gasteiger partial charge in [0.15, 0.2) is 4.32 Å². The van der Waals surface area contributed by atoms with Crippen molar-refractivity contribution in [2.24, 2.45) is 0 Å². The summed E-state index contributed by atoms with van der Waals surface area (Å²) in [4.78, 5) is 35.2. The Balaban J connectivity index is 1.69. The molecular weight excluding hydrogens is 386 g/mol. The standard InChI is InChI=1S/C18H13N3O4S2/c22-16(11-12-4-2-1-3-5-12)19-20-17(23)15(27-18(20)26)10-13-6-8-14(9-7-13)21(24)25/h1-10H,11H2,(H,19,22)/b15-10-. The van der Waals surface area contributed by atoms with E-state index >= 15 is 0 Å². The quantitative estimate of drug-likeness (QED) is 0.360. The minimum atomic E-state index is -0.495. The van der Waals surface area contributed by atoms with E-state index in [1.165, 1.54) is 12.1 Å². The third-order valence-electron chi connectivity index (χ3n) is 3.64. The van der Waals surface area contributed by atoms with Crippen molar-refractivity contribution in [3.63, 3.8) is 0 Å². The van der Waals surface area contributed by atoms with Crippen molar-refractivity contribution in [3.8, 4) is 0 Å². The average Bonchev–Trinajstić information content (AvgIpc) is 2.90. The molecule has 3 rings (SSSR count). The molecular formula is C18H13N3O4S2. The van der Waals surface area contributed by atoms with Gasteiger partial charge in [0, 0.05) is 12.1 Å². The van der Waals surface area contributed by atoms with Crippen LogP contribution in [0.15, 0.2) is 59.5 Å². The Morgan fingerprint density at radius 1 is 1.19 bits per heavy atom. The van der Waals surface area contributed by atoms with Crippen LogP contribution in [-0.2, 0) is 16.0 Å². The molecule has 1 aliphatic heterocycles. The fraction of sp³-hybridized carbons (Fsp3) is 0.0556. The van der Waals surface area contributed by atoms with Crippen molar-refractivity contribution >= 4 is 51.9 Å². The highest BCUT2D eigenvalue weighted by Crippen LogP contribution is 2.31. The molecule has 0 aliphatic carbocycles. The maximum Gasteiger partial charge on any atom is 0.285 e. The molecule has 1 aliphatic rings. The number of rotatable bonds is 5. The van der Waals surface area contributed by atoms with E-state index in [1.807, 2.05) is 30.3 Å². The van der Waals surface area contributed by atoms with Gasteiger partial charge in [-0.05, 0) is 41.6 Å². The first-order valence-electron chi connectivity index (χ1n) is 7.80. The number of hydrogen-bond acceptors (Lipinski definition) is 6. The monoisotopic (exact) mass is 399 g/mol. The van der Waals surface area contributed by atoms with Crippen molar-refractivity contribution in [1.82, 2.24) is 10.4 Å². The number of carbonyl (C=O) groups is 2. The highest BCUT2D eigenvalue weighted by Gasteiger charge is 2.33. The molecule has 0 atom stereocenters. The number of carbonyl (C=O) groups excluding carboxylic acids is 2. The number of nitro groups is 1. The fourth-order valence-corrected chi connectivity index (χ4v) is 3.53. The lowest BCUT2D eigenvalue weighted by Crippen LogP contribution is -2.45. The van der Waals surface area contributed by atoms with Crippen LogP contribution in [0.2, 0.25) is 0 Å². The lowest BCUT2D eigenvalue weighted by atomic mass is 10.1. The number of hydrogen-bond donors (Lipinski definition) is 1. The number of benzene rings is 2. The summed E-state index contributed by atoms with van der Waals surface area (Å²) >= 11 is 6.23. The molecule has 27 heavy (non-hydrogen) atoms. The molecule has 2 amide bonds.